The van der Waals surface area contributed by atoms with Crippen LogP contribution in [0.4, 0.5) is 0 Å². The second kappa shape index (κ2) is 5.11. The molecule has 3 unspecified atom stereocenters. The van der Waals surface area contributed by atoms with Crippen molar-refractivity contribution in [3.63, 3.8) is 0 Å². The van der Waals surface area contributed by atoms with Crippen molar-refractivity contribution < 1.29 is 23.7 Å². The molecule has 0 aromatic rings. The summed E-state index contributed by atoms with van der Waals surface area (Å²) in [5.41, 5.74) is 0. The number of fused-ring (bicyclic) bond motifs is 3. The summed E-state index contributed by atoms with van der Waals surface area (Å²) in [6.07, 6.45) is 6.14. The van der Waals surface area contributed by atoms with E-state index >= 15 is 0 Å². The van der Waals surface area contributed by atoms with Crippen LogP contribution in [0, 0.1) is 0 Å². The molecule has 0 N–H and O–H groups in total. The average Bonchev–Trinajstić information content (AvgIpc) is 2.87. The zero-order valence-electron chi connectivity index (χ0n) is 10.5. The summed E-state index contributed by atoms with van der Waals surface area (Å²) in [7, 11) is 0. The van der Waals surface area contributed by atoms with Crippen molar-refractivity contribution in [2.24, 2.45) is 0 Å². The summed E-state index contributed by atoms with van der Waals surface area (Å²) < 4.78 is 28.5. The molecule has 5 nitrogen and oxygen atoms in total. The first-order valence-corrected chi connectivity index (χ1v) is 6.31. The standard InChI is InChI=1S/C13H18O5/c1-3-5-9-14-7-8-11(16-9)12-13(15-8)18-10(17-12)6-4-2/h3-6,8-13H,7H2,1-2H3/b5-3+,6-4+/t8-,9?,10?,11?,12-,13-/m1/s1. The van der Waals surface area contributed by atoms with Crippen molar-refractivity contribution in [1.29, 1.82) is 0 Å². The SMILES string of the molecule is C/C=C/C1OC[C@H]2O[C@@H]3OC(/C=C/C)O[C@@H]3C2O1. The van der Waals surface area contributed by atoms with Crippen LogP contribution >= 0.6 is 0 Å². The third-order valence-corrected chi connectivity index (χ3v) is 3.24. The lowest BCUT2D eigenvalue weighted by molar-refractivity contribution is -0.249. The third-order valence-electron chi connectivity index (χ3n) is 3.24. The van der Waals surface area contributed by atoms with Crippen LogP contribution < -0.4 is 0 Å². The molecule has 0 aliphatic carbocycles. The minimum absolute atomic E-state index is 0.104. The topological polar surface area (TPSA) is 46.2 Å². The molecule has 3 rings (SSSR count). The van der Waals surface area contributed by atoms with E-state index in [4.69, 9.17) is 23.7 Å². The molecule has 0 bridgehead atoms. The molecule has 0 spiro atoms. The summed E-state index contributed by atoms with van der Waals surface area (Å²) in [5, 5.41) is 0. The molecule has 0 aromatic carbocycles. The zero-order chi connectivity index (χ0) is 12.5. The Labute approximate surface area is 106 Å². The molecule has 5 heteroatoms. The lowest BCUT2D eigenvalue weighted by Gasteiger charge is -2.31. The van der Waals surface area contributed by atoms with Crippen molar-refractivity contribution in [2.45, 2.75) is 51.0 Å². The van der Waals surface area contributed by atoms with Crippen molar-refractivity contribution in [1.82, 2.24) is 0 Å². The zero-order valence-corrected chi connectivity index (χ0v) is 10.5. The Bertz CT molecular complexity index is 353. The lowest BCUT2D eigenvalue weighted by Crippen LogP contribution is -2.45. The largest absolute Gasteiger partial charge is 0.346 e. The Morgan fingerprint density at radius 3 is 2.33 bits per heavy atom. The van der Waals surface area contributed by atoms with Gasteiger partial charge in [0, 0.05) is 0 Å². The average molecular weight is 254 g/mol. The highest BCUT2D eigenvalue weighted by atomic mass is 16.8. The van der Waals surface area contributed by atoms with Gasteiger partial charge in [0.2, 0.25) is 0 Å². The van der Waals surface area contributed by atoms with Crippen LogP contribution in [0.15, 0.2) is 24.3 Å². The Kier molecular flexibility index (Phi) is 3.50. The summed E-state index contributed by atoms with van der Waals surface area (Å²) in [6.45, 7) is 4.37. The summed E-state index contributed by atoms with van der Waals surface area (Å²) in [4.78, 5) is 0. The van der Waals surface area contributed by atoms with E-state index in [0.717, 1.165) is 0 Å². The van der Waals surface area contributed by atoms with E-state index in [-0.39, 0.29) is 37.2 Å². The highest BCUT2D eigenvalue weighted by Crippen LogP contribution is 2.37. The molecule has 0 aromatic heterocycles. The van der Waals surface area contributed by atoms with Crippen molar-refractivity contribution in [3.05, 3.63) is 24.3 Å². The predicted octanol–water partition coefficient (Wildman–Crippen LogP) is 1.35. The molecule has 3 aliphatic rings. The van der Waals surface area contributed by atoms with Gasteiger partial charge in [-0.2, -0.15) is 0 Å². The van der Waals surface area contributed by atoms with Gasteiger partial charge in [-0.15, -0.1) is 0 Å². The molecular formula is C13H18O5. The van der Waals surface area contributed by atoms with Gasteiger partial charge in [0.1, 0.15) is 18.3 Å². The molecule has 3 aliphatic heterocycles. The first-order valence-electron chi connectivity index (χ1n) is 6.31. The molecule has 0 amide bonds. The van der Waals surface area contributed by atoms with E-state index in [2.05, 4.69) is 0 Å². The van der Waals surface area contributed by atoms with Gasteiger partial charge in [0.25, 0.3) is 0 Å². The van der Waals surface area contributed by atoms with Crippen molar-refractivity contribution >= 4 is 0 Å². The van der Waals surface area contributed by atoms with E-state index in [9.17, 15) is 0 Å². The van der Waals surface area contributed by atoms with Gasteiger partial charge in [-0.25, -0.2) is 0 Å². The molecule has 18 heavy (non-hydrogen) atoms. The van der Waals surface area contributed by atoms with Crippen LogP contribution in [0.1, 0.15) is 13.8 Å². The summed E-state index contributed by atoms with van der Waals surface area (Å²) in [6, 6.07) is 0. The number of allylic oxidation sites excluding steroid dienone is 2. The van der Waals surface area contributed by atoms with Crippen molar-refractivity contribution in [2.75, 3.05) is 6.61 Å². The number of hydrogen-bond donors (Lipinski definition) is 0. The number of hydrogen-bond acceptors (Lipinski definition) is 5. The van der Waals surface area contributed by atoms with Crippen LogP contribution in [0.2, 0.25) is 0 Å². The molecule has 3 heterocycles. The van der Waals surface area contributed by atoms with Gasteiger partial charge < -0.3 is 23.7 Å². The lowest BCUT2D eigenvalue weighted by atomic mass is 10.1. The maximum atomic E-state index is 5.83. The maximum Gasteiger partial charge on any atom is 0.190 e. The van der Waals surface area contributed by atoms with Crippen LogP contribution in [-0.4, -0.2) is 43.8 Å². The van der Waals surface area contributed by atoms with Crippen molar-refractivity contribution in [3.8, 4) is 0 Å². The summed E-state index contributed by atoms with van der Waals surface area (Å²) >= 11 is 0. The summed E-state index contributed by atoms with van der Waals surface area (Å²) in [5.74, 6) is 0. The van der Waals surface area contributed by atoms with E-state index < -0.39 is 0 Å². The molecule has 3 saturated heterocycles. The minimum Gasteiger partial charge on any atom is -0.346 e. The Morgan fingerprint density at radius 2 is 1.56 bits per heavy atom. The van der Waals surface area contributed by atoms with E-state index in [1.54, 1.807) is 0 Å². The Morgan fingerprint density at radius 1 is 0.833 bits per heavy atom. The quantitative estimate of drug-likeness (QED) is 0.696. The van der Waals surface area contributed by atoms with Gasteiger partial charge in [-0.1, -0.05) is 12.2 Å². The second-order valence-corrected chi connectivity index (χ2v) is 4.50. The number of ether oxygens (including phenoxy) is 5. The Balaban J connectivity index is 1.67. The van der Waals surface area contributed by atoms with E-state index in [1.807, 2.05) is 38.2 Å². The van der Waals surface area contributed by atoms with Gasteiger partial charge in [0.15, 0.2) is 18.9 Å². The fourth-order valence-electron chi connectivity index (χ4n) is 2.45. The molecule has 0 saturated carbocycles. The first-order chi connectivity index (χ1) is 8.81. The van der Waals surface area contributed by atoms with E-state index in [0.29, 0.717) is 6.61 Å². The van der Waals surface area contributed by atoms with Crippen LogP contribution in [0.5, 0.6) is 0 Å². The second-order valence-electron chi connectivity index (χ2n) is 4.50. The predicted molar refractivity (Wildman–Crippen MR) is 62.6 cm³/mol. The van der Waals surface area contributed by atoms with Crippen LogP contribution in [0.3, 0.4) is 0 Å². The highest BCUT2D eigenvalue weighted by Gasteiger charge is 2.54. The Hall–Kier alpha value is -0.720. The fraction of sp³-hybridized carbons (Fsp3) is 0.692. The molecule has 3 fully saturated rings. The monoisotopic (exact) mass is 254 g/mol. The van der Waals surface area contributed by atoms with Gasteiger partial charge >= 0.3 is 0 Å². The highest BCUT2D eigenvalue weighted by molar-refractivity contribution is 4.99. The fourth-order valence-corrected chi connectivity index (χ4v) is 2.45. The van der Waals surface area contributed by atoms with Gasteiger partial charge in [-0.3, -0.25) is 0 Å². The van der Waals surface area contributed by atoms with Crippen LogP contribution in [-0.2, 0) is 23.7 Å². The molecular weight excluding hydrogens is 236 g/mol. The normalized spacial score (nSPS) is 47.9. The van der Waals surface area contributed by atoms with Gasteiger partial charge in [0.05, 0.1) is 6.61 Å². The number of rotatable bonds is 2. The third kappa shape index (κ3) is 2.13. The van der Waals surface area contributed by atoms with Crippen LogP contribution in [0.25, 0.3) is 0 Å². The van der Waals surface area contributed by atoms with E-state index in [1.165, 1.54) is 0 Å². The first kappa shape index (κ1) is 12.3. The minimum atomic E-state index is -0.353. The van der Waals surface area contributed by atoms with Gasteiger partial charge in [-0.05, 0) is 26.0 Å². The maximum absolute atomic E-state index is 5.83. The molecule has 0 radical (unpaired) electrons. The molecule has 100 valence electrons. The smallest absolute Gasteiger partial charge is 0.190 e. The molecule has 6 atom stereocenters.